The van der Waals surface area contributed by atoms with Gasteiger partial charge in [-0.2, -0.15) is 0 Å². The van der Waals surface area contributed by atoms with Crippen molar-refractivity contribution < 1.29 is 4.74 Å². The van der Waals surface area contributed by atoms with Gasteiger partial charge >= 0.3 is 0 Å². The summed E-state index contributed by atoms with van der Waals surface area (Å²) in [5, 5.41) is 0. The number of ether oxygens (including phenoxy) is 1. The molecular formula is C13H17N3O. The lowest BCUT2D eigenvalue weighted by molar-refractivity contribution is 0.328. The Kier molecular flexibility index (Phi) is 3.77. The topological polar surface area (TPSA) is 53.1 Å². The number of imidazole rings is 1. The van der Waals surface area contributed by atoms with E-state index in [0.29, 0.717) is 13.2 Å². The number of hydrogen-bond donors (Lipinski definition) is 1. The second-order valence-electron chi connectivity index (χ2n) is 3.74. The van der Waals surface area contributed by atoms with Crippen LogP contribution in [0.3, 0.4) is 0 Å². The van der Waals surface area contributed by atoms with Crippen molar-refractivity contribution in [1.82, 2.24) is 9.55 Å². The van der Waals surface area contributed by atoms with Gasteiger partial charge in [0, 0.05) is 24.1 Å². The smallest absolute Gasteiger partial charge is 0.119 e. The van der Waals surface area contributed by atoms with Crippen molar-refractivity contribution in [2.75, 3.05) is 13.2 Å². The van der Waals surface area contributed by atoms with Crippen molar-refractivity contribution in [3.05, 3.63) is 42.5 Å². The third-order valence-corrected chi connectivity index (χ3v) is 2.58. The molecule has 0 atom stereocenters. The van der Waals surface area contributed by atoms with E-state index in [1.165, 1.54) is 5.69 Å². The van der Waals surface area contributed by atoms with Crippen LogP contribution in [-0.2, 0) is 6.42 Å². The first kappa shape index (κ1) is 11.7. The predicted molar refractivity (Wildman–Crippen MR) is 67.5 cm³/mol. The van der Waals surface area contributed by atoms with E-state index in [1.54, 1.807) is 0 Å². The third kappa shape index (κ3) is 2.65. The van der Waals surface area contributed by atoms with Crippen LogP contribution >= 0.6 is 0 Å². The van der Waals surface area contributed by atoms with Crippen molar-refractivity contribution in [2.45, 2.75) is 13.3 Å². The molecule has 0 saturated heterocycles. The summed E-state index contributed by atoms with van der Waals surface area (Å²) in [7, 11) is 0. The molecule has 4 heteroatoms. The van der Waals surface area contributed by atoms with Crippen molar-refractivity contribution in [3.8, 4) is 11.4 Å². The zero-order valence-corrected chi connectivity index (χ0v) is 9.97. The number of rotatable bonds is 5. The molecule has 2 rings (SSSR count). The molecule has 0 aliphatic rings. The summed E-state index contributed by atoms with van der Waals surface area (Å²) in [6.07, 6.45) is 4.68. The van der Waals surface area contributed by atoms with E-state index >= 15 is 0 Å². The summed E-state index contributed by atoms with van der Waals surface area (Å²) >= 11 is 0. The van der Waals surface area contributed by atoms with Crippen LogP contribution < -0.4 is 10.5 Å². The maximum Gasteiger partial charge on any atom is 0.119 e. The van der Waals surface area contributed by atoms with E-state index in [-0.39, 0.29) is 0 Å². The summed E-state index contributed by atoms with van der Waals surface area (Å²) in [5.41, 5.74) is 7.68. The molecule has 1 aromatic carbocycles. The summed E-state index contributed by atoms with van der Waals surface area (Å²) in [6.45, 7) is 3.19. The van der Waals surface area contributed by atoms with Crippen LogP contribution in [0.2, 0.25) is 0 Å². The number of hydrogen-bond acceptors (Lipinski definition) is 3. The van der Waals surface area contributed by atoms with Gasteiger partial charge in [-0.05, 0) is 30.7 Å². The molecule has 0 bridgehead atoms. The molecule has 0 fully saturated rings. The molecule has 1 aromatic heterocycles. The van der Waals surface area contributed by atoms with E-state index in [9.17, 15) is 0 Å². The van der Waals surface area contributed by atoms with Gasteiger partial charge in [0.05, 0.1) is 6.33 Å². The Morgan fingerprint density at radius 3 is 2.71 bits per heavy atom. The molecule has 0 amide bonds. The van der Waals surface area contributed by atoms with Gasteiger partial charge in [-0.3, -0.25) is 0 Å². The fourth-order valence-corrected chi connectivity index (χ4v) is 1.70. The number of aryl methyl sites for hydroxylation is 1. The van der Waals surface area contributed by atoms with Crippen LogP contribution in [-0.4, -0.2) is 22.7 Å². The molecule has 0 aliphatic heterocycles. The lowest BCUT2D eigenvalue weighted by atomic mass is 10.2. The summed E-state index contributed by atoms with van der Waals surface area (Å²) in [4.78, 5) is 4.16. The number of benzene rings is 1. The van der Waals surface area contributed by atoms with Crippen molar-refractivity contribution >= 4 is 0 Å². The highest BCUT2D eigenvalue weighted by Gasteiger charge is 2.02. The van der Waals surface area contributed by atoms with E-state index in [0.717, 1.165) is 17.9 Å². The molecule has 2 N–H and O–H groups in total. The Labute approximate surface area is 101 Å². The van der Waals surface area contributed by atoms with Gasteiger partial charge in [-0.25, -0.2) is 4.98 Å². The number of nitrogens with two attached hydrogens (primary N) is 1. The third-order valence-electron chi connectivity index (χ3n) is 2.58. The minimum Gasteiger partial charge on any atom is -0.492 e. The van der Waals surface area contributed by atoms with Crippen LogP contribution in [0.15, 0.2) is 36.8 Å². The molecule has 0 saturated carbocycles. The van der Waals surface area contributed by atoms with Crippen LogP contribution in [0.5, 0.6) is 5.75 Å². The van der Waals surface area contributed by atoms with Gasteiger partial charge in [0.25, 0.3) is 0 Å². The van der Waals surface area contributed by atoms with E-state index in [2.05, 4.69) is 16.5 Å². The van der Waals surface area contributed by atoms with Crippen molar-refractivity contribution in [3.63, 3.8) is 0 Å². The first-order valence-corrected chi connectivity index (χ1v) is 5.79. The van der Waals surface area contributed by atoms with Gasteiger partial charge in [0.15, 0.2) is 0 Å². The molecule has 90 valence electrons. The van der Waals surface area contributed by atoms with Crippen LogP contribution in [0.4, 0.5) is 0 Å². The predicted octanol–water partition coefficient (Wildman–Crippen LogP) is 1.77. The fourth-order valence-electron chi connectivity index (χ4n) is 1.70. The Bertz CT molecular complexity index is 462. The molecule has 1 heterocycles. The molecule has 0 aliphatic carbocycles. The first-order valence-electron chi connectivity index (χ1n) is 5.79. The molecule has 4 nitrogen and oxygen atoms in total. The molecule has 2 aromatic rings. The SMILES string of the molecule is CCc1cncn1-c1ccc(OCCN)cc1. The summed E-state index contributed by atoms with van der Waals surface area (Å²) in [6, 6.07) is 7.94. The zero-order chi connectivity index (χ0) is 12.1. The number of aromatic nitrogens is 2. The lowest BCUT2D eigenvalue weighted by Gasteiger charge is -2.08. The van der Waals surface area contributed by atoms with E-state index < -0.39 is 0 Å². The highest BCUT2D eigenvalue weighted by Crippen LogP contribution is 2.16. The molecule has 0 spiro atoms. The molecule has 17 heavy (non-hydrogen) atoms. The minimum atomic E-state index is 0.531. The molecule has 0 radical (unpaired) electrons. The second kappa shape index (κ2) is 5.50. The molecule has 0 unspecified atom stereocenters. The zero-order valence-electron chi connectivity index (χ0n) is 9.97. The molecular weight excluding hydrogens is 214 g/mol. The Hall–Kier alpha value is -1.81. The van der Waals surface area contributed by atoms with Gasteiger partial charge in [-0.1, -0.05) is 6.92 Å². The summed E-state index contributed by atoms with van der Waals surface area (Å²) in [5.74, 6) is 0.845. The maximum absolute atomic E-state index is 5.43. The first-order chi connectivity index (χ1) is 8.35. The van der Waals surface area contributed by atoms with Gasteiger partial charge < -0.3 is 15.0 Å². The number of nitrogens with zero attached hydrogens (tertiary/aromatic N) is 2. The Balaban J connectivity index is 2.17. The van der Waals surface area contributed by atoms with E-state index in [4.69, 9.17) is 10.5 Å². The Morgan fingerprint density at radius 2 is 2.06 bits per heavy atom. The maximum atomic E-state index is 5.43. The minimum absolute atomic E-state index is 0.531. The van der Waals surface area contributed by atoms with Crippen molar-refractivity contribution in [2.24, 2.45) is 5.73 Å². The van der Waals surface area contributed by atoms with E-state index in [1.807, 2.05) is 36.8 Å². The largest absolute Gasteiger partial charge is 0.492 e. The normalized spacial score (nSPS) is 10.5. The van der Waals surface area contributed by atoms with Crippen LogP contribution in [0.25, 0.3) is 5.69 Å². The van der Waals surface area contributed by atoms with Gasteiger partial charge in [0.1, 0.15) is 12.4 Å². The average Bonchev–Trinajstić information content (AvgIpc) is 2.85. The van der Waals surface area contributed by atoms with Crippen molar-refractivity contribution in [1.29, 1.82) is 0 Å². The summed E-state index contributed by atoms with van der Waals surface area (Å²) < 4.78 is 7.51. The standard InChI is InChI=1S/C13H17N3O/c1-2-11-9-15-10-16(11)12-3-5-13(6-4-12)17-8-7-14/h3-6,9-10H,2,7-8,14H2,1H3. The van der Waals surface area contributed by atoms with Crippen LogP contribution in [0, 0.1) is 0 Å². The lowest BCUT2D eigenvalue weighted by Crippen LogP contribution is -2.10. The Morgan fingerprint density at radius 1 is 1.29 bits per heavy atom. The van der Waals surface area contributed by atoms with Crippen LogP contribution in [0.1, 0.15) is 12.6 Å². The quantitative estimate of drug-likeness (QED) is 0.853. The van der Waals surface area contributed by atoms with Gasteiger partial charge in [0.2, 0.25) is 0 Å². The highest BCUT2D eigenvalue weighted by atomic mass is 16.5. The fraction of sp³-hybridized carbons (Fsp3) is 0.308. The van der Waals surface area contributed by atoms with Gasteiger partial charge in [-0.15, -0.1) is 0 Å². The monoisotopic (exact) mass is 231 g/mol. The average molecular weight is 231 g/mol. The second-order valence-corrected chi connectivity index (χ2v) is 3.74. The highest BCUT2D eigenvalue weighted by molar-refractivity contribution is 5.38.